The van der Waals surface area contributed by atoms with Crippen LogP contribution in [0.1, 0.15) is 32.8 Å². The van der Waals surface area contributed by atoms with E-state index in [4.69, 9.17) is 4.74 Å². The second-order valence-corrected chi connectivity index (χ2v) is 8.53. The van der Waals surface area contributed by atoms with Gasteiger partial charge < -0.3 is 4.74 Å². The lowest BCUT2D eigenvalue weighted by atomic mass is 9.92. The molecule has 1 aromatic carbocycles. The Labute approximate surface area is 169 Å². The van der Waals surface area contributed by atoms with Crippen molar-refractivity contribution in [1.29, 1.82) is 0 Å². The molecule has 6 nitrogen and oxygen atoms in total. The molecule has 0 radical (unpaired) electrons. The zero-order valence-corrected chi connectivity index (χ0v) is 17.3. The third-order valence-corrected chi connectivity index (χ3v) is 4.40. The fraction of sp³-hybridized carbons (Fsp3) is 0.300. The number of benzene rings is 1. The second-order valence-electron chi connectivity index (χ2n) is 7.61. The lowest BCUT2D eigenvalue weighted by Crippen LogP contribution is -2.26. The van der Waals surface area contributed by atoms with Crippen LogP contribution in [0, 0.1) is 11.2 Å². The fourth-order valence-corrected chi connectivity index (χ4v) is 2.99. The van der Waals surface area contributed by atoms with Crippen LogP contribution < -0.4 is 10.3 Å². The summed E-state index contributed by atoms with van der Waals surface area (Å²) in [7, 11) is 0. The molecule has 8 heteroatoms. The molecule has 0 N–H and O–H groups in total. The van der Waals surface area contributed by atoms with Crippen molar-refractivity contribution >= 4 is 32.8 Å². The number of carbonyl (C=O) groups is 1. The van der Waals surface area contributed by atoms with Crippen LogP contribution in [0.2, 0.25) is 0 Å². The van der Waals surface area contributed by atoms with Crippen molar-refractivity contribution in [3.8, 4) is 5.88 Å². The summed E-state index contributed by atoms with van der Waals surface area (Å²) in [5.41, 5.74) is -0.230. The highest BCUT2D eigenvalue weighted by Crippen LogP contribution is 2.23. The zero-order valence-electron chi connectivity index (χ0n) is 15.7. The molecule has 0 aliphatic rings. The Hall–Kier alpha value is -2.61. The minimum Gasteiger partial charge on any atom is -0.403 e. The fourth-order valence-electron chi connectivity index (χ4n) is 2.65. The number of pyridine rings is 1. The molecule has 28 heavy (non-hydrogen) atoms. The van der Waals surface area contributed by atoms with E-state index in [9.17, 15) is 14.0 Å². The molecule has 0 unspecified atom stereocenters. The van der Waals surface area contributed by atoms with E-state index in [-0.39, 0.29) is 40.7 Å². The molecule has 146 valence electrons. The van der Waals surface area contributed by atoms with Gasteiger partial charge >= 0.3 is 5.97 Å². The molecule has 0 bridgehead atoms. The molecular weight excluding hydrogens is 429 g/mol. The van der Waals surface area contributed by atoms with E-state index in [1.165, 1.54) is 12.3 Å². The summed E-state index contributed by atoms with van der Waals surface area (Å²) in [4.78, 5) is 29.2. The summed E-state index contributed by atoms with van der Waals surface area (Å²) in [5.74, 6) is -1.02. The van der Waals surface area contributed by atoms with Crippen molar-refractivity contribution in [2.75, 3.05) is 0 Å². The number of esters is 1. The van der Waals surface area contributed by atoms with Crippen molar-refractivity contribution in [3.05, 3.63) is 62.7 Å². The van der Waals surface area contributed by atoms with Gasteiger partial charge in [0.15, 0.2) is 0 Å². The number of fused-ring (bicyclic) bond motifs is 1. The Morgan fingerprint density at radius 1 is 1.29 bits per heavy atom. The molecule has 0 fully saturated rings. The van der Waals surface area contributed by atoms with Gasteiger partial charge in [-0.25, -0.2) is 9.07 Å². The average molecular weight is 448 g/mol. The van der Waals surface area contributed by atoms with Crippen molar-refractivity contribution in [1.82, 2.24) is 14.8 Å². The summed E-state index contributed by atoms with van der Waals surface area (Å²) >= 11 is 3.20. The highest BCUT2D eigenvalue weighted by atomic mass is 79.9. The van der Waals surface area contributed by atoms with Crippen molar-refractivity contribution in [2.45, 2.75) is 33.7 Å². The van der Waals surface area contributed by atoms with Gasteiger partial charge in [0, 0.05) is 16.2 Å². The molecule has 2 heterocycles. The largest absolute Gasteiger partial charge is 0.403 e. The Morgan fingerprint density at radius 3 is 2.71 bits per heavy atom. The van der Waals surface area contributed by atoms with Crippen LogP contribution in [0.3, 0.4) is 0 Å². The SMILES string of the molecule is CC(C)(C)CC(=O)Oc1nn(Cc2ccc(Br)cc2F)c(=O)c2cccnc12. The number of hydrogen-bond donors (Lipinski definition) is 0. The monoisotopic (exact) mass is 447 g/mol. The van der Waals surface area contributed by atoms with Crippen molar-refractivity contribution in [2.24, 2.45) is 5.41 Å². The van der Waals surface area contributed by atoms with Gasteiger partial charge in [0.2, 0.25) is 0 Å². The summed E-state index contributed by atoms with van der Waals surface area (Å²) in [6.07, 6.45) is 1.66. The predicted octanol–water partition coefficient (Wildman–Crippen LogP) is 4.08. The third kappa shape index (κ3) is 4.62. The van der Waals surface area contributed by atoms with Gasteiger partial charge in [-0.1, -0.05) is 42.8 Å². The first-order chi connectivity index (χ1) is 13.1. The van der Waals surface area contributed by atoms with E-state index >= 15 is 0 Å². The van der Waals surface area contributed by atoms with E-state index < -0.39 is 17.3 Å². The maximum atomic E-state index is 14.2. The lowest BCUT2D eigenvalue weighted by Gasteiger charge is -2.17. The van der Waals surface area contributed by atoms with Crippen LogP contribution >= 0.6 is 15.9 Å². The van der Waals surface area contributed by atoms with Gasteiger partial charge in [-0.05, 0) is 29.7 Å². The van der Waals surface area contributed by atoms with Crippen LogP contribution in [-0.2, 0) is 11.3 Å². The topological polar surface area (TPSA) is 74.1 Å². The van der Waals surface area contributed by atoms with Gasteiger partial charge in [-0.3, -0.25) is 14.6 Å². The van der Waals surface area contributed by atoms with E-state index in [0.29, 0.717) is 4.47 Å². The summed E-state index contributed by atoms with van der Waals surface area (Å²) in [6, 6.07) is 7.73. The molecule has 3 rings (SSSR count). The highest BCUT2D eigenvalue weighted by Gasteiger charge is 2.21. The van der Waals surface area contributed by atoms with E-state index in [0.717, 1.165) is 4.68 Å². The third-order valence-electron chi connectivity index (χ3n) is 3.91. The summed E-state index contributed by atoms with van der Waals surface area (Å²) in [6.45, 7) is 5.63. The predicted molar refractivity (Wildman–Crippen MR) is 107 cm³/mol. The average Bonchev–Trinajstić information content (AvgIpc) is 2.59. The number of rotatable bonds is 4. The molecule has 0 spiro atoms. The number of nitrogens with zero attached hydrogens (tertiary/aromatic N) is 3. The Kier molecular flexibility index (Phi) is 5.60. The molecule has 0 saturated heterocycles. The number of hydrogen-bond acceptors (Lipinski definition) is 5. The molecule has 0 amide bonds. The molecule has 0 saturated carbocycles. The normalized spacial score (nSPS) is 11.6. The van der Waals surface area contributed by atoms with Crippen LogP contribution in [-0.4, -0.2) is 20.7 Å². The number of halogens is 2. The first-order valence-corrected chi connectivity index (χ1v) is 9.44. The molecule has 2 aromatic heterocycles. The maximum absolute atomic E-state index is 14.2. The smallest absolute Gasteiger partial charge is 0.313 e. The molecule has 0 atom stereocenters. The van der Waals surface area contributed by atoms with Crippen molar-refractivity contribution < 1.29 is 13.9 Å². The Bertz CT molecular complexity index is 1110. The molecular formula is C20H19BrFN3O3. The lowest BCUT2D eigenvalue weighted by molar-refractivity contribution is -0.136. The van der Waals surface area contributed by atoms with Crippen LogP contribution in [0.25, 0.3) is 10.9 Å². The van der Waals surface area contributed by atoms with Gasteiger partial charge in [0.25, 0.3) is 11.4 Å². The molecule has 3 aromatic rings. The first kappa shape index (κ1) is 20.1. The van der Waals surface area contributed by atoms with Crippen LogP contribution in [0.4, 0.5) is 4.39 Å². The standard InChI is InChI=1S/C20H19BrFN3O3/c1-20(2,3)10-16(26)28-18-17-14(5-4-8-23-17)19(27)25(24-18)11-12-6-7-13(21)9-15(12)22/h4-9H,10-11H2,1-3H3. The quantitative estimate of drug-likeness (QED) is 0.563. The number of aromatic nitrogens is 3. The minimum atomic E-state index is -0.480. The van der Waals surface area contributed by atoms with Crippen LogP contribution in [0.15, 0.2) is 45.8 Å². The minimum absolute atomic E-state index is 0.0676. The summed E-state index contributed by atoms with van der Waals surface area (Å²) in [5, 5.41) is 4.39. The maximum Gasteiger partial charge on any atom is 0.313 e. The number of carbonyl (C=O) groups excluding carboxylic acids is 1. The Morgan fingerprint density at radius 2 is 2.04 bits per heavy atom. The second kappa shape index (κ2) is 7.79. The van der Waals surface area contributed by atoms with Gasteiger partial charge in [0.05, 0.1) is 18.4 Å². The highest BCUT2D eigenvalue weighted by molar-refractivity contribution is 9.10. The summed E-state index contributed by atoms with van der Waals surface area (Å²) < 4.78 is 21.3. The van der Waals surface area contributed by atoms with Gasteiger partial charge in [0.1, 0.15) is 11.3 Å². The van der Waals surface area contributed by atoms with Gasteiger partial charge in [-0.2, -0.15) is 0 Å². The Balaban J connectivity index is 2.05. The van der Waals surface area contributed by atoms with Gasteiger partial charge in [-0.15, -0.1) is 5.10 Å². The van der Waals surface area contributed by atoms with E-state index in [1.807, 2.05) is 20.8 Å². The first-order valence-electron chi connectivity index (χ1n) is 8.64. The van der Waals surface area contributed by atoms with Crippen molar-refractivity contribution in [3.63, 3.8) is 0 Å². The van der Waals surface area contributed by atoms with E-state index in [2.05, 4.69) is 26.0 Å². The number of ether oxygens (including phenoxy) is 1. The van der Waals surface area contributed by atoms with E-state index in [1.54, 1.807) is 24.3 Å². The molecule has 0 aliphatic carbocycles. The van der Waals surface area contributed by atoms with Crippen LogP contribution in [0.5, 0.6) is 5.88 Å². The zero-order chi connectivity index (χ0) is 20.5. The molecule has 0 aliphatic heterocycles.